The van der Waals surface area contributed by atoms with Crippen molar-refractivity contribution in [2.45, 2.75) is 45.1 Å². The lowest BCUT2D eigenvalue weighted by atomic mass is 9.76. The zero-order valence-corrected chi connectivity index (χ0v) is 10.9. The fourth-order valence-corrected chi connectivity index (χ4v) is 2.38. The molecule has 0 aromatic heterocycles. The molecule has 0 amide bonds. The van der Waals surface area contributed by atoms with Crippen LogP contribution in [-0.4, -0.2) is 17.8 Å². The van der Waals surface area contributed by atoms with Crippen molar-refractivity contribution in [2.75, 3.05) is 7.11 Å². The summed E-state index contributed by atoms with van der Waals surface area (Å²) in [7, 11) is 1.68. The van der Waals surface area contributed by atoms with Crippen LogP contribution in [0.1, 0.15) is 39.7 Å². The molecule has 0 unspecified atom stereocenters. The molecule has 16 heavy (non-hydrogen) atoms. The third kappa shape index (κ3) is 3.24. The van der Waals surface area contributed by atoms with Gasteiger partial charge in [-0.1, -0.05) is 32.0 Å². The van der Waals surface area contributed by atoms with Crippen LogP contribution in [0.3, 0.4) is 0 Å². The summed E-state index contributed by atoms with van der Waals surface area (Å²) in [6.07, 6.45) is 0.695. The molecule has 1 aromatic rings. The predicted octanol–water partition coefficient (Wildman–Crippen LogP) is 3.13. The molecule has 0 aliphatic carbocycles. The smallest absolute Gasteiger partial charge is 0.122 e. The average molecular weight is 222 g/mol. The maximum atomic E-state index is 9.94. The number of ether oxygens (including phenoxy) is 1. The van der Waals surface area contributed by atoms with E-state index in [-0.39, 0.29) is 5.41 Å². The molecular weight excluding hydrogens is 200 g/mol. The average Bonchev–Trinajstić information content (AvgIpc) is 2.14. The summed E-state index contributed by atoms with van der Waals surface area (Å²) in [6, 6.07) is 7.98. The summed E-state index contributed by atoms with van der Waals surface area (Å²) in [6.45, 7) is 7.93. The van der Waals surface area contributed by atoms with Crippen molar-refractivity contribution in [3.8, 4) is 5.75 Å². The molecule has 0 saturated carbocycles. The van der Waals surface area contributed by atoms with E-state index in [0.29, 0.717) is 6.42 Å². The van der Waals surface area contributed by atoms with Gasteiger partial charge in [0.15, 0.2) is 0 Å². The third-order valence-electron chi connectivity index (χ3n) is 2.71. The van der Waals surface area contributed by atoms with Gasteiger partial charge in [-0.05, 0) is 37.3 Å². The summed E-state index contributed by atoms with van der Waals surface area (Å²) in [5.41, 5.74) is 0.356. The molecular formula is C14H22O2. The van der Waals surface area contributed by atoms with Crippen LogP contribution in [-0.2, 0) is 5.41 Å². The lowest BCUT2D eigenvalue weighted by molar-refractivity contribution is 0.0497. The number of methoxy groups -OCH3 is 1. The fraction of sp³-hybridized carbons (Fsp3) is 0.571. The molecule has 0 spiro atoms. The summed E-state index contributed by atoms with van der Waals surface area (Å²) in [5, 5.41) is 9.94. The highest BCUT2D eigenvalue weighted by Crippen LogP contribution is 2.37. The minimum absolute atomic E-state index is 0.106. The topological polar surface area (TPSA) is 29.5 Å². The number of hydrogen-bond acceptors (Lipinski definition) is 2. The normalized spacial score (nSPS) is 12.6. The van der Waals surface area contributed by atoms with Gasteiger partial charge in [-0.2, -0.15) is 0 Å². The highest BCUT2D eigenvalue weighted by Gasteiger charge is 2.30. The van der Waals surface area contributed by atoms with E-state index in [1.807, 2.05) is 32.0 Å². The molecule has 0 radical (unpaired) electrons. The molecule has 0 aliphatic rings. The maximum Gasteiger partial charge on any atom is 0.122 e. The highest BCUT2D eigenvalue weighted by molar-refractivity contribution is 5.38. The van der Waals surface area contributed by atoms with Gasteiger partial charge in [-0.3, -0.25) is 0 Å². The molecule has 0 heterocycles. The molecule has 1 N–H and O–H groups in total. The standard InChI is InChI=1S/C14H22O2/c1-13(2,10-14(3,4)15)11-8-6-7-9-12(11)16-5/h6-9,15H,10H2,1-5H3. The second kappa shape index (κ2) is 4.46. The summed E-state index contributed by atoms with van der Waals surface area (Å²) < 4.78 is 5.36. The van der Waals surface area contributed by atoms with Crippen molar-refractivity contribution < 1.29 is 9.84 Å². The van der Waals surface area contributed by atoms with E-state index in [2.05, 4.69) is 19.9 Å². The molecule has 2 nitrogen and oxygen atoms in total. The van der Waals surface area contributed by atoms with Crippen molar-refractivity contribution in [1.29, 1.82) is 0 Å². The molecule has 90 valence electrons. The van der Waals surface area contributed by atoms with E-state index in [4.69, 9.17) is 4.74 Å². The Kier molecular flexibility index (Phi) is 3.64. The maximum absolute atomic E-state index is 9.94. The van der Waals surface area contributed by atoms with Gasteiger partial charge in [0.25, 0.3) is 0 Å². The molecule has 2 heteroatoms. The lowest BCUT2D eigenvalue weighted by Gasteiger charge is -2.32. The van der Waals surface area contributed by atoms with Gasteiger partial charge in [-0.15, -0.1) is 0 Å². The van der Waals surface area contributed by atoms with Crippen molar-refractivity contribution >= 4 is 0 Å². The lowest BCUT2D eigenvalue weighted by Crippen LogP contribution is -2.31. The number of benzene rings is 1. The van der Waals surface area contributed by atoms with Crippen molar-refractivity contribution in [3.05, 3.63) is 29.8 Å². The van der Waals surface area contributed by atoms with Crippen LogP contribution in [0.2, 0.25) is 0 Å². The SMILES string of the molecule is COc1ccccc1C(C)(C)CC(C)(C)O. The Labute approximate surface area is 98.3 Å². The molecule has 0 fully saturated rings. The van der Waals surface area contributed by atoms with Crippen LogP contribution >= 0.6 is 0 Å². The van der Waals surface area contributed by atoms with Gasteiger partial charge in [0.2, 0.25) is 0 Å². The minimum atomic E-state index is -0.676. The predicted molar refractivity (Wildman–Crippen MR) is 66.9 cm³/mol. The zero-order chi connectivity index (χ0) is 12.4. The zero-order valence-electron chi connectivity index (χ0n) is 10.9. The number of para-hydroxylation sites is 1. The monoisotopic (exact) mass is 222 g/mol. The van der Waals surface area contributed by atoms with E-state index in [0.717, 1.165) is 11.3 Å². The van der Waals surface area contributed by atoms with E-state index in [1.165, 1.54) is 0 Å². The van der Waals surface area contributed by atoms with Crippen LogP contribution in [0.15, 0.2) is 24.3 Å². The minimum Gasteiger partial charge on any atom is -0.496 e. The summed E-state index contributed by atoms with van der Waals surface area (Å²) in [4.78, 5) is 0. The Morgan fingerprint density at radius 3 is 2.19 bits per heavy atom. The van der Waals surface area contributed by atoms with Crippen molar-refractivity contribution in [3.63, 3.8) is 0 Å². The third-order valence-corrected chi connectivity index (χ3v) is 2.71. The number of hydrogen-bond donors (Lipinski definition) is 1. The number of aliphatic hydroxyl groups is 1. The highest BCUT2D eigenvalue weighted by atomic mass is 16.5. The summed E-state index contributed by atoms with van der Waals surface area (Å²) in [5.74, 6) is 0.886. The first-order chi connectivity index (χ1) is 7.26. The van der Waals surface area contributed by atoms with Crippen LogP contribution in [0, 0.1) is 0 Å². The molecule has 0 atom stereocenters. The summed E-state index contributed by atoms with van der Waals surface area (Å²) >= 11 is 0. The van der Waals surface area contributed by atoms with Gasteiger partial charge in [0.05, 0.1) is 12.7 Å². The Morgan fingerprint density at radius 2 is 1.69 bits per heavy atom. The van der Waals surface area contributed by atoms with Crippen molar-refractivity contribution in [2.24, 2.45) is 0 Å². The Hall–Kier alpha value is -1.02. The van der Waals surface area contributed by atoms with Crippen molar-refractivity contribution in [1.82, 2.24) is 0 Å². The van der Waals surface area contributed by atoms with Gasteiger partial charge >= 0.3 is 0 Å². The van der Waals surface area contributed by atoms with E-state index >= 15 is 0 Å². The molecule has 1 aromatic carbocycles. The molecule has 0 aliphatic heterocycles. The van der Waals surface area contributed by atoms with Crippen LogP contribution in [0.4, 0.5) is 0 Å². The van der Waals surface area contributed by atoms with Gasteiger partial charge in [0, 0.05) is 0 Å². The molecule has 1 rings (SSSR count). The van der Waals surface area contributed by atoms with E-state index < -0.39 is 5.60 Å². The van der Waals surface area contributed by atoms with E-state index in [9.17, 15) is 5.11 Å². The van der Waals surface area contributed by atoms with Crippen LogP contribution < -0.4 is 4.74 Å². The van der Waals surface area contributed by atoms with Crippen LogP contribution in [0.5, 0.6) is 5.75 Å². The van der Waals surface area contributed by atoms with Crippen LogP contribution in [0.25, 0.3) is 0 Å². The Morgan fingerprint density at radius 1 is 1.12 bits per heavy atom. The van der Waals surface area contributed by atoms with Gasteiger partial charge in [0.1, 0.15) is 5.75 Å². The fourth-order valence-electron chi connectivity index (χ4n) is 2.38. The second-order valence-corrected chi connectivity index (χ2v) is 5.57. The largest absolute Gasteiger partial charge is 0.496 e. The second-order valence-electron chi connectivity index (χ2n) is 5.57. The Balaban J connectivity index is 3.06. The first kappa shape index (κ1) is 13.0. The Bertz CT molecular complexity index is 348. The molecule has 0 bridgehead atoms. The van der Waals surface area contributed by atoms with E-state index in [1.54, 1.807) is 7.11 Å². The quantitative estimate of drug-likeness (QED) is 0.848. The van der Waals surface area contributed by atoms with Gasteiger partial charge < -0.3 is 9.84 Å². The molecule has 0 saturated heterocycles. The van der Waals surface area contributed by atoms with Gasteiger partial charge in [-0.25, -0.2) is 0 Å². The first-order valence-corrected chi connectivity index (χ1v) is 5.62. The number of rotatable bonds is 4. The first-order valence-electron chi connectivity index (χ1n) is 5.62.